The zero-order chi connectivity index (χ0) is 11.5. The van der Waals surface area contributed by atoms with Crippen LogP contribution >= 0.6 is 0 Å². The van der Waals surface area contributed by atoms with Crippen LogP contribution in [0.3, 0.4) is 0 Å². The molecule has 86 valence electrons. The average molecular weight is 221 g/mol. The van der Waals surface area contributed by atoms with Gasteiger partial charge in [0.2, 0.25) is 11.7 Å². The number of hydrogen-bond donors (Lipinski definition) is 1. The summed E-state index contributed by atoms with van der Waals surface area (Å²) in [5.41, 5.74) is 0. The van der Waals surface area contributed by atoms with Gasteiger partial charge >= 0.3 is 0 Å². The number of likely N-dealkylation sites (N-methyl/N-ethyl adjacent to an activating group) is 1. The zero-order valence-electron chi connectivity index (χ0n) is 9.60. The van der Waals surface area contributed by atoms with Gasteiger partial charge in [0.05, 0.1) is 12.2 Å². The first kappa shape index (κ1) is 10.9. The lowest BCUT2D eigenvalue weighted by Crippen LogP contribution is -2.27. The first-order chi connectivity index (χ1) is 7.72. The molecule has 1 N–H and O–H groups in total. The third kappa shape index (κ3) is 1.99. The van der Waals surface area contributed by atoms with Crippen molar-refractivity contribution in [2.75, 3.05) is 7.05 Å². The summed E-state index contributed by atoms with van der Waals surface area (Å²) in [5, 5.41) is 7.04. The summed E-state index contributed by atoms with van der Waals surface area (Å²) in [6.07, 6.45) is 1.59. The van der Waals surface area contributed by atoms with E-state index in [0.717, 1.165) is 0 Å². The van der Waals surface area contributed by atoms with Crippen molar-refractivity contribution < 1.29 is 8.94 Å². The maximum absolute atomic E-state index is 5.21. The van der Waals surface area contributed by atoms with Gasteiger partial charge in [-0.25, -0.2) is 0 Å². The summed E-state index contributed by atoms with van der Waals surface area (Å²) in [6, 6.07) is 3.89. The first-order valence-corrected chi connectivity index (χ1v) is 5.27. The van der Waals surface area contributed by atoms with Crippen molar-refractivity contribution in [3.63, 3.8) is 0 Å². The number of rotatable bonds is 4. The number of hydrogen-bond acceptors (Lipinski definition) is 5. The van der Waals surface area contributed by atoms with Crippen molar-refractivity contribution in [3.8, 4) is 11.6 Å². The molecule has 0 bridgehead atoms. The second kappa shape index (κ2) is 4.49. The largest absolute Gasteiger partial charge is 0.461 e. The maximum atomic E-state index is 5.21. The normalized spacial score (nSPS) is 14.9. The Bertz CT molecular complexity index is 436. The molecule has 5 heteroatoms. The second-order valence-electron chi connectivity index (χ2n) is 3.80. The van der Waals surface area contributed by atoms with Crippen LogP contribution < -0.4 is 5.32 Å². The molecule has 0 fully saturated rings. The highest BCUT2D eigenvalue weighted by Gasteiger charge is 2.20. The zero-order valence-corrected chi connectivity index (χ0v) is 9.60. The van der Waals surface area contributed by atoms with Gasteiger partial charge in [-0.3, -0.25) is 0 Å². The van der Waals surface area contributed by atoms with E-state index >= 15 is 0 Å². The maximum Gasteiger partial charge on any atom is 0.238 e. The van der Waals surface area contributed by atoms with Crippen molar-refractivity contribution in [3.05, 3.63) is 24.3 Å². The van der Waals surface area contributed by atoms with E-state index in [0.29, 0.717) is 17.5 Å². The molecule has 0 aliphatic carbocycles. The van der Waals surface area contributed by atoms with Gasteiger partial charge in [-0.2, -0.15) is 4.98 Å². The Kier molecular flexibility index (Phi) is 3.05. The minimum absolute atomic E-state index is 0.168. The number of nitrogens with one attached hydrogen (secondary N) is 1. The summed E-state index contributed by atoms with van der Waals surface area (Å²) in [7, 11) is 1.91. The van der Waals surface area contributed by atoms with Crippen LogP contribution in [-0.4, -0.2) is 23.2 Å². The molecular formula is C11H15N3O2. The summed E-state index contributed by atoms with van der Waals surface area (Å²) in [5.74, 6) is 1.91. The molecule has 0 saturated carbocycles. The third-order valence-electron chi connectivity index (χ3n) is 2.78. The second-order valence-corrected chi connectivity index (χ2v) is 3.80. The monoisotopic (exact) mass is 221 g/mol. The van der Waals surface area contributed by atoms with Crippen LogP contribution in [0.1, 0.15) is 25.7 Å². The van der Waals surface area contributed by atoms with Crippen LogP contribution in [0.4, 0.5) is 0 Å². The molecule has 0 saturated heterocycles. The Morgan fingerprint density at radius 1 is 1.38 bits per heavy atom. The smallest absolute Gasteiger partial charge is 0.238 e. The van der Waals surface area contributed by atoms with Gasteiger partial charge in [0, 0.05) is 6.04 Å². The minimum Gasteiger partial charge on any atom is -0.461 e. The lowest BCUT2D eigenvalue weighted by atomic mass is 10.0. The van der Waals surface area contributed by atoms with Gasteiger partial charge in [0.1, 0.15) is 0 Å². The lowest BCUT2D eigenvalue weighted by Gasteiger charge is -2.14. The standard InChI is InChI=1S/C11H15N3O2/c1-7(8(2)12-3)11-13-10(14-16-11)9-5-4-6-15-9/h4-8,12H,1-3H3. The Morgan fingerprint density at radius 3 is 2.81 bits per heavy atom. The van der Waals surface area contributed by atoms with Crippen molar-refractivity contribution in [2.45, 2.75) is 25.8 Å². The third-order valence-corrected chi connectivity index (χ3v) is 2.78. The molecule has 0 amide bonds. The fourth-order valence-corrected chi connectivity index (χ4v) is 1.39. The van der Waals surface area contributed by atoms with Crippen LogP contribution in [0.2, 0.25) is 0 Å². The van der Waals surface area contributed by atoms with Crippen LogP contribution in [-0.2, 0) is 0 Å². The van der Waals surface area contributed by atoms with E-state index in [-0.39, 0.29) is 12.0 Å². The van der Waals surface area contributed by atoms with Gasteiger partial charge in [-0.1, -0.05) is 12.1 Å². The van der Waals surface area contributed by atoms with Crippen LogP contribution in [0.25, 0.3) is 11.6 Å². The van der Waals surface area contributed by atoms with Gasteiger partial charge < -0.3 is 14.3 Å². The van der Waals surface area contributed by atoms with E-state index in [2.05, 4.69) is 22.4 Å². The highest BCUT2D eigenvalue weighted by molar-refractivity contribution is 5.44. The fourth-order valence-electron chi connectivity index (χ4n) is 1.39. The molecule has 0 aliphatic rings. The lowest BCUT2D eigenvalue weighted by molar-refractivity contribution is 0.335. The number of nitrogens with zero attached hydrogens (tertiary/aromatic N) is 2. The molecule has 0 radical (unpaired) electrons. The fraction of sp³-hybridized carbons (Fsp3) is 0.455. The van der Waals surface area contributed by atoms with Crippen molar-refractivity contribution in [2.24, 2.45) is 0 Å². The van der Waals surface area contributed by atoms with Crippen molar-refractivity contribution >= 4 is 0 Å². The average Bonchev–Trinajstić information content (AvgIpc) is 2.96. The molecule has 16 heavy (non-hydrogen) atoms. The Balaban J connectivity index is 2.20. The molecule has 2 rings (SSSR count). The Labute approximate surface area is 93.8 Å². The first-order valence-electron chi connectivity index (χ1n) is 5.27. The van der Waals surface area contributed by atoms with E-state index in [1.165, 1.54) is 0 Å². The van der Waals surface area contributed by atoms with E-state index < -0.39 is 0 Å². The molecule has 2 aromatic heterocycles. The predicted octanol–water partition coefficient (Wildman–Crippen LogP) is 2.04. The van der Waals surface area contributed by atoms with E-state index in [1.807, 2.05) is 14.0 Å². The van der Waals surface area contributed by atoms with Gasteiger partial charge in [0.15, 0.2) is 5.76 Å². The predicted molar refractivity (Wildman–Crippen MR) is 58.9 cm³/mol. The van der Waals surface area contributed by atoms with Crippen molar-refractivity contribution in [1.29, 1.82) is 0 Å². The topological polar surface area (TPSA) is 64.1 Å². The molecule has 0 aliphatic heterocycles. The molecule has 5 nitrogen and oxygen atoms in total. The van der Waals surface area contributed by atoms with E-state index in [9.17, 15) is 0 Å². The number of furan rings is 1. The molecule has 0 spiro atoms. The summed E-state index contributed by atoms with van der Waals surface area (Å²) in [4.78, 5) is 4.31. The molecular weight excluding hydrogens is 206 g/mol. The van der Waals surface area contributed by atoms with E-state index in [1.54, 1.807) is 18.4 Å². The van der Waals surface area contributed by atoms with Gasteiger partial charge in [-0.05, 0) is 26.1 Å². The Hall–Kier alpha value is -1.62. The molecule has 2 unspecified atom stereocenters. The van der Waals surface area contributed by atoms with Gasteiger partial charge in [0.25, 0.3) is 0 Å². The van der Waals surface area contributed by atoms with Gasteiger partial charge in [-0.15, -0.1) is 0 Å². The highest BCUT2D eigenvalue weighted by Crippen LogP contribution is 2.21. The highest BCUT2D eigenvalue weighted by atomic mass is 16.5. The minimum atomic E-state index is 0.168. The van der Waals surface area contributed by atoms with Crippen LogP contribution in [0.5, 0.6) is 0 Å². The number of aromatic nitrogens is 2. The van der Waals surface area contributed by atoms with Crippen molar-refractivity contribution in [1.82, 2.24) is 15.5 Å². The summed E-state index contributed by atoms with van der Waals surface area (Å²) < 4.78 is 10.4. The summed E-state index contributed by atoms with van der Waals surface area (Å²) >= 11 is 0. The SMILES string of the molecule is CNC(C)C(C)c1nc(-c2ccco2)no1. The Morgan fingerprint density at radius 2 is 2.19 bits per heavy atom. The van der Waals surface area contributed by atoms with Crippen LogP contribution in [0.15, 0.2) is 27.3 Å². The molecule has 2 atom stereocenters. The molecule has 2 aromatic rings. The van der Waals surface area contributed by atoms with E-state index in [4.69, 9.17) is 8.94 Å². The van der Waals surface area contributed by atoms with Crippen LogP contribution in [0, 0.1) is 0 Å². The summed E-state index contributed by atoms with van der Waals surface area (Å²) in [6.45, 7) is 4.11. The quantitative estimate of drug-likeness (QED) is 0.855. The molecule has 2 heterocycles. The molecule has 0 aromatic carbocycles.